The number of nitrogens with zero attached hydrogens (tertiary/aromatic N) is 1. The number of ether oxygens (including phenoxy) is 1. The Bertz CT molecular complexity index is 944. The quantitative estimate of drug-likeness (QED) is 0.590. The van der Waals surface area contributed by atoms with Crippen LogP contribution in [-0.4, -0.2) is 31.6 Å². The molecule has 1 N–H and O–H groups in total. The summed E-state index contributed by atoms with van der Waals surface area (Å²) in [6, 6.07) is 8.83. The Balaban J connectivity index is 2.20. The first-order valence-corrected chi connectivity index (χ1v) is 9.22. The Kier molecular flexibility index (Phi) is 5.83. The zero-order chi connectivity index (χ0) is 19.5. The van der Waals surface area contributed by atoms with Crippen LogP contribution in [0.15, 0.2) is 47.4 Å². The van der Waals surface area contributed by atoms with Crippen LogP contribution in [0.1, 0.15) is 6.92 Å². The van der Waals surface area contributed by atoms with Crippen molar-refractivity contribution in [3.05, 3.63) is 57.6 Å². The summed E-state index contributed by atoms with van der Waals surface area (Å²) in [7, 11) is -2.57. The summed E-state index contributed by atoms with van der Waals surface area (Å²) < 4.78 is 30.1. The molecule has 0 fully saturated rings. The number of nitrogens with one attached hydrogen (secondary N) is 1. The molecule has 1 amide bonds. The number of hydrogen-bond donors (Lipinski definition) is 1. The SMILES string of the molecule is COc1ccc(NC(=O)[C@H](C)S(=O)(=O)c2ccc([N+](=O)[O-])cc2)cc1Cl. The van der Waals surface area contributed by atoms with Gasteiger partial charge in [0.05, 0.1) is 22.0 Å². The second-order valence-electron chi connectivity index (χ2n) is 5.28. The Morgan fingerprint density at radius 2 is 1.85 bits per heavy atom. The number of hydrogen-bond acceptors (Lipinski definition) is 6. The first-order valence-electron chi connectivity index (χ1n) is 7.29. The summed E-state index contributed by atoms with van der Waals surface area (Å²) in [5.74, 6) is -0.346. The van der Waals surface area contributed by atoms with Crippen molar-refractivity contribution in [2.24, 2.45) is 0 Å². The molecule has 2 rings (SSSR count). The lowest BCUT2D eigenvalue weighted by atomic mass is 10.3. The third kappa shape index (κ3) is 4.12. The van der Waals surface area contributed by atoms with E-state index in [-0.39, 0.29) is 15.6 Å². The fourth-order valence-electron chi connectivity index (χ4n) is 2.09. The van der Waals surface area contributed by atoms with E-state index in [9.17, 15) is 23.3 Å². The van der Waals surface area contributed by atoms with Gasteiger partial charge in [-0.1, -0.05) is 11.6 Å². The summed E-state index contributed by atoms with van der Waals surface area (Å²) in [6.45, 7) is 1.23. The minimum atomic E-state index is -4.02. The Morgan fingerprint density at radius 1 is 1.23 bits per heavy atom. The number of sulfone groups is 1. The van der Waals surface area contributed by atoms with Crippen molar-refractivity contribution in [3.63, 3.8) is 0 Å². The zero-order valence-electron chi connectivity index (χ0n) is 13.8. The number of rotatable bonds is 6. The van der Waals surface area contributed by atoms with Crippen molar-refractivity contribution in [1.29, 1.82) is 0 Å². The number of nitro groups is 1. The van der Waals surface area contributed by atoms with E-state index < -0.39 is 25.9 Å². The fraction of sp³-hybridized carbons (Fsp3) is 0.188. The van der Waals surface area contributed by atoms with Crippen LogP contribution in [0.5, 0.6) is 5.75 Å². The van der Waals surface area contributed by atoms with Crippen LogP contribution in [0.4, 0.5) is 11.4 Å². The van der Waals surface area contributed by atoms with Crippen LogP contribution in [-0.2, 0) is 14.6 Å². The number of amides is 1. The number of benzene rings is 2. The summed E-state index contributed by atoms with van der Waals surface area (Å²) >= 11 is 5.97. The monoisotopic (exact) mass is 398 g/mol. The second kappa shape index (κ2) is 7.71. The Morgan fingerprint density at radius 3 is 2.35 bits per heavy atom. The molecule has 138 valence electrons. The Labute approximate surface area is 154 Å². The normalized spacial score (nSPS) is 12.3. The smallest absolute Gasteiger partial charge is 0.269 e. The van der Waals surface area contributed by atoms with E-state index in [1.165, 1.54) is 32.2 Å². The predicted molar refractivity (Wildman–Crippen MR) is 96.4 cm³/mol. The third-order valence-electron chi connectivity index (χ3n) is 3.63. The Hall–Kier alpha value is -2.65. The molecule has 0 aromatic heterocycles. The molecule has 2 aromatic rings. The number of anilines is 1. The number of non-ortho nitro benzene ring substituents is 1. The van der Waals surface area contributed by atoms with Gasteiger partial charge in [-0.25, -0.2) is 8.42 Å². The highest BCUT2D eigenvalue weighted by atomic mass is 35.5. The molecular formula is C16H15ClN2O6S. The van der Waals surface area contributed by atoms with Crippen LogP contribution in [0.25, 0.3) is 0 Å². The maximum absolute atomic E-state index is 12.5. The van der Waals surface area contributed by atoms with Gasteiger partial charge < -0.3 is 10.1 Å². The number of carbonyl (C=O) groups is 1. The van der Waals surface area contributed by atoms with Crippen molar-refractivity contribution in [2.45, 2.75) is 17.1 Å². The topological polar surface area (TPSA) is 116 Å². The van der Waals surface area contributed by atoms with Gasteiger partial charge in [0, 0.05) is 17.8 Å². The van der Waals surface area contributed by atoms with Gasteiger partial charge in [-0.3, -0.25) is 14.9 Å². The predicted octanol–water partition coefficient (Wildman–Crippen LogP) is 3.06. The molecule has 0 aliphatic rings. The van der Waals surface area contributed by atoms with Gasteiger partial charge in [0.2, 0.25) is 5.91 Å². The number of halogens is 1. The molecule has 10 heteroatoms. The van der Waals surface area contributed by atoms with E-state index in [0.717, 1.165) is 24.3 Å². The molecule has 8 nitrogen and oxygen atoms in total. The van der Waals surface area contributed by atoms with Gasteiger partial charge in [-0.05, 0) is 37.3 Å². The lowest BCUT2D eigenvalue weighted by molar-refractivity contribution is -0.384. The second-order valence-corrected chi connectivity index (χ2v) is 7.95. The van der Waals surface area contributed by atoms with Crippen molar-refractivity contribution in [1.82, 2.24) is 0 Å². The summed E-state index contributed by atoms with van der Waals surface area (Å²) in [4.78, 5) is 22.1. The average Bonchev–Trinajstić information content (AvgIpc) is 2.61. The average molecular weight is 399 g/mol. The molecule has 26 heavy (non-hydrogen) atoms. The molecule has 0 aliphatic heterocycles. The standard InChI is InChI=1S/C16H15ClN2O6S/c1-10(16(20)18-11-3-8-15(25-2)14(17)9-11)26(23,24)13-6-4-12(5-7-13)19(21)22/h3-10H,1-2H3,(H,18,20)/t10-/m0/s1. The highest BCUT2D eigenvalue weighted by Crippen LogP contribution is 2.28. The first kappa shape index (κ1) is 19.7. The maximum Gasteiger partial charge on any atom is 0.269 e. The minimum Gasteiger partial charge on any atom is -0.495 e. The first-order chi connectivity index (χ1) is 12.2. The van der Waals surface area contributed by atoms with Crippen molar-refractivity contribution < 1.29 is 22.9 Å². The molecule has 2 aromatic carbocycles. The molecule has 0 saturated heterocycles. The zero-order valence-corrected chi connectivity index (χ0v) is 15.4. The van der Waals surface area contributed by atoms with Crippen LogP contribution in [0, 0.1) is 10.1 Å². The van der Waals surface area contributed by atoms with Gasteiger partial charge >= 0.3 is 0 Å². The maximum atomic E-state index is 12.5. The molecule has 0 aliphatic carbocycles. The van der Waals surface area contributed by atoms with E-state index in [0.29, 0.717) is 11.4 Å². The molecule has 0 spiro atoms. The third-order valence-corrected chi connectivity index (χ3v) is 6.00. The van der Waals surface area contributed by atoms with Crippen molar-refractivity contribution >= 4 is 38.7 Å². The van der Waals surface area contributed by atoms with Gasteiger partial charge in [0.1, 0.15) is 11.0 Å². The number of methoxy groups -OCH3 is 1. The number of carbonyl (C=O) groups excluding carboxylic acids is 1. The van der Waals surface area contributed by atoms with Gasteiger partial charge in [-0.2, -0.15) is 0 Å². The van der Waals surface area contributed by atoms with E-state index in [1.807, 2.05) is 0 Å². The van der Waals surface area contributed by atoms with Crippen LogP contribution < -0.4 is 10.1 Å². The molecule has 0 bridgehead atoms. The highest BCUT2D eigenvalue weighted by molar-refractivity contribution is 7.92. The molecule has 0 heterocycles. The summed E-state index contributed by atoms with van der Waals surface area (Å²) in [5, 5.41) is 12.0. The van der Waals surface area contributed by atoms with E-state index in [2.05, 4.69) is 5.32 Å². The molecule has 0 radical (unpaired) electrons. The van der Waals surface area contributed by atoms with E-state index in [1.54, 1.807) is 0 Å². The van der Waals surface area contributed by atoms with Gasteiger partial charge in [0.25, 0.3) is 5.69 Å². The van der Waals surface area contributed by atoms with Crippen molar-refractivity contribution in [2.75, 3.05) is 12.4 Å². The van der Waals surface area contributed by atoms with Crippen LogP contribution in [0.3, 0.4) is 0 Å². The largest absolute Gasteiger partial charge is 0.495 e. The molecular weight excluding hydrogens is 384 g/mol. The highest BCUT2D eigenvalue weighted by Gasteiger charge is 2.30. The van der Waals surface area contributed by atoms with Crippen molar-refractivity contribution in [3.8, 4) is 5.75 Å². The lowest BCUT2D eigenvalue weighted by Crippen LogP contribution is -2.32. The van der Waals surface area contributed by atoms with E-state index >= 15 is 0 Å². The summed E-state index contributed by atoms with van der Waals surface area (Å²) in [6.07, 6.45) is 0. The van der Waals surface area contributed by atoms with E-state index in [4.69, 9.17) is 16.3 Å². The van der Waals surface area contributed by atoms with Gasteiger partial charge in [0.15, 0.2) is 9.84 Å². The van der Waals surface area contributed by atoms with Crippen LogP contribution in [0.2, 0.25) is 5.02 Å². The van der Waals surface area contributed by atoms with Crippen LogP contribution >= 0.6 is 11.6 Å². The fourth-order valence-corrected chi connectivity index (χ4v) is 3.61. The lowest BCUT2D eigenvalue weighted by Gasteiger charge is -2.14. The van der Waals surface area contributed by atoms with Gasteiger partial charge in [-0.15, -0.1) is 0 Å². The number of nitro benzene ring substituents is 1. The molecule has 1 atom stereocenters. The minimum absolute atomic E-state index is 0.182. The summed E-state index contributed by atoms with van der Waals surface area (Å²) in [5.41, 5.74) is 0.0699. The molecule has 0 unspecified atom stereocenters. The molecule has 0 saturated carbocycles.